The van der Waals surface area contributed by atoms with Crippen LogP contribution in [0.4, 0.5) is 24.5 Å². The van der Waals surface area contributed by atoms with E-state index in [-0.39, 0.29) is 30.2 Å². The highest BCUT2D eigenvalue weighted by molar-refractivity contribution is 5.81. The summed E-state index contributed by atoms with van der Waals surface area (Å²) in [6, 6.07) is 9.72. The third-order valence-corrected chi connectivity index (χ3v) is 5.94. The Hall–Kier alpha value is -2.98. The number of rotatable bonds is 11. The van der Waals surface area contributed by atoms with Crippen molar-refractivity contribution in [1.82, 2.24) is 10.6 Å². The number of morpholine rings is 1. The third-order valence-electron chi connectivity index (χ3n) is 5.94. The van der Waals surface area contributed by atoms with E-state index in [9.17, 15) is 23.1 Å². The van der Waals surface area contributed by atoms with E-state index < -0.39 is 24.2 Å². The molecule has 1 aliphatic rings. The van der Waals surface area contributed by atoms with E-state index in [1.54, 1.807) is 0 Å². The zero-order valence-electron chi connectivity index (χ0n) is 22.6. The van der Waals surface area contributed by atoms with Gasteiger partial charge < -0.3 is 25.4 Å². The highest BCUT2D eigenvalue weighted by atomic mass is 19.4. The monoisotopic (exact) mass is 538 g/mol. The van der Waals surface area contributed by atoms with Gasteiger partial charge in [-0.25, -0.2) is 0 Å². The van der Waals surface area contributed by atoms with Gasteiger partial charge in [0.2, 0.25) is 5.91 Å². The fourth-order valence-electron chi connectivity index (χ4n) is 4.10. The lowest BCUT2D eigenvalue weighted by molar-refractivity contribution is -0.161. The number of amides is 1. The van der Waals surface area contributed by atoms with Crippen molar-refractivity contribution >= 4 is 17.3 Å². The molecule has 3 rings (SSSR count). The predicted molar refractivity (Wildman–Crippen MR) is 146 cm³/mol. The Morgan fingerprint density at radius 1 is 1.00 bits per heavy atom. The van der Waals surface area contributed by atoms with Gasteiger partial charge in [0.25, 0.3) is 0 Å². The maximum Gasteiger partial charge on any atom is 0.407 e. The van der Waals surface area contributed by atoms with Crippen LogP contribution in [0.1, 0.15) is 45.7 Å². The molecule has 1 fully saturated rings. The zero-order valence-corrected chi connectivity index (χ0v) is 22.6. The lowest BCUT2D eigenvalue weighted by Crippen LogP contribution is -2.50. The smallest absolute Gasteiger partial charge is 0.407 e. The summed E-state index contributed by atoms with van der Waals surface area (Å²) in [6.45, 7) is 11.5. The van der Waals surface area contributed by atoms with Crippen LogP contribution in [-0.4, -0.2) is 62.6 Å². The Morgan fingerprint density at radius 2 is 1.61 bits per heavy atom. The average Bonchev–Trinajstić information content (AvgIpc) is 2.90. The van der Waals surface area contributed by atoms with Gasteiger partial charge in [0.05, 0.1) is 19.3 Å². The van der Waals surface area contributed by atoms with Gasteiger partial charge in [-0.2, -0.15) is 13.2 Å². The molecular formula is C28H41F3N4O3. The molecule has 4 N–H and O–H groups in total. The second-order valence-corrected chi connectivity index (χ2v) is 9.28. The van der Waals surface area contributed by atoms with Crippen molar-refractivity contribution in [1.29, 1.82) is 0 Å². The van der Waals surface area contributed by atoms with Crippen LogP contribution in [0.15, 0.2) is 48.5 Å². The number of hydrogen-bond donors (Lipinski definition) is 4. The number of anilines is 2. The van der Waals surface area contributed by atoms with Gasteiger partial charge in [-0.1, -0.05) is 39.8 Å². The number of nitrogens with one attached hydrogen (secondary N) is 3. The van der Waals surface area contributed by atoms with Crippen LogP contribution >= 0.6 is 0 Å². The summed E-state index contributed by atoms with van der Waals surface area (Å²) in [6.07, 6.45) is -4.37. The van der Waals surface area contributed by atoms with Crippen molar-refractivity contribution in [2.75, 3.05) is 49.6 Å². The first-order chi connectivity index (χ1) is 18.1. The Morgan fingerprint density at radius 3 is 2.16 bits per heavy atom. The lowest BCUT2D eigenvalue weighted by Gasteiger charge is -2.29. The molecule has 0 saturated carbocycles. The maximum atomic E-state index is 13.8. The minimum atomic E-state index is -4.61. The summed E-state index contributed by atoms with van der Waals surface area (Å²) < 4.78 is 46.9. The van der Waals surface area contributed by atoms with E-state index in [2.05, 4.69) is 20.9 Å². The van der Waals surface area contributed by atoms with Crippen LogP contribution in [-0.2, 0) is 9.53 Å². The molecule has 38 heavy (non-hydrogen) atoms. The largest absolute Gasteiger partial charge is 0.508 e. The molecule has 0 bridgehead atoms. The van der Waals surface area contributed by atoms with E-state index in [1.807, 2.05) is 52.0 Å². The molecular weight excluding hydrogens is 497 g/mol. The normalized spacial score (nSPS) is 15.3. The van der Waals surface area contributed by atoms with Crippen LogP contribution in [0, 0.1) is 5.92 Å². The van der Waals surface area contributed by atoms with E-state index in [0.29, 0.717) is 19.8 Å². The fourth-order valence-corrected chi connectivity index (χ4v) is 4.10. The van der Waals surface area contributed by atoms with Gasteiger partial charge >= 0.3 is 6.18 Å². The lowest BCUT2D eigenvalue weighted by atomic mass is 9.99. The first-order valence-corrected chi connectivity index (χ1v) is 13.2. The topological polar surface area (TPSA) is 85.9 Å². The number of benzene rings is 2. The Kier molecular flexibility index (Phi) is 12.7. The summed E-state index contributed by atoms with van der Waals surface area (Å²) in [5.41, 5.74) is 1.94. The van der Waals surface area contributed by atoms with Gasteiger partial charge in [-0.05, 0) is 54.3 Å². The molecule has 0 aliphatic carbocycles. The molecule has 10 heteroatoms. The highest BCUT2D eigenvalue weighted by Crippen LogP contribution is 2.34. The summed E-state index contributed by atoms with van der Waals surface area (Å²) in [4.78, 5) is 15.1. The third kappa shape index (κ3) is 10.1. The second kappa shape index (κ2) is 15.4. The molecule has 2 aromatic rings. The van der Waals surface area contributed by atoms with Crippen LogP contribution in [0.2, 0.25) is 0 Å². The summed E-state index contributed by atoms with van der Waals surface area (Å²) in [7, 11) is 0. The second-order valence-electron chi connectivity index (χ2n) is 9.28. The fraction of sp³-hybridized carbons (Fsp3) is 0.536. The van der Waals surface area contributed by atoms with Crippen molar-refractivity contribution in [3.8, 4) is 5.75 Å². The first-order valence-electron chi connectivity index (χ1n) is 13.2. The van der Waals surface area contributed by atoms with Gasteiger partial charge in [0.1, 0.15) is 11.8 Å². The average molecular weight is 539 g/mol. The number of hydrogen-bond acceptors (Lipinski definition) is 6. The first kappa shape index (κ1) is 31.2. The number of ether oxygens (including phenoxy) is 1. The summed E-state index contributed by atoms with van der Waals surface area (Å²) in [5.74, 6) is -0.606. The molecule has 2 unspecified atom stereocenters. The number of carbonyl (C=O) groups excluding carboxylic acids is 1. The number of alkyl halides is 3. The number of phenols is 1. The van der Waals surface area contributed by atoms with Gasteiger partial charge in [-0.3, -0.25) is 10.1 Å². The minimum Gasteiger partial charge on any atom is -0.508 e. The molecule has 0 spiro atoms. The SMILES string of the molecule is CC.CC(C)CC(NC(c1ccc(O)cc1)C(F)(F)F)C(=O)NCCNc1ccc(N2CCOCC2)cc1. The van der Waals surface area contributed by atoms with Crippen molar-refractivity contribution in [3.05, 3.63) is 54.1 Å². The number of nitrogens with zero attached hydrogens (tertiary/aromatic N) is 1. The zero-order chi connectivity index (χ0) is 28.1. The van der Waals surface area contributed by atoms with Crippen LogP contribution in [0.3, 0.4) is 0 Å². The Labute approximate surface area is 223 Å². The Bertz CT molecular complexity index is 947. The van der Waals surface area contributed by atoms with E-state index in [4.69, 9.17) is 4.74 Å². The summed E-state index contributed by atoms with van der Waals surface area (Å²) in [5, 5.41) is 17.9. The van der Waals surface area contributed by atoms with Gasteiger partial charge in [0, 0.05) is 37.6 Å². The molecule has 1 heterocycles. The standard InChI is InChI=1S/C26H35F3N4O3.C2H6/c1-18(2)17-23(32-24(26(27,28)29)19-3-9-22(34)10-4-19)25(35)31-12-11-30-20-5-7-21(8-6-20)33-13-15-36-16-14-33;1-2/h3-10,18,23-24,30,32,34H,11-17H2,1-2H3,(H,31,35);1-2H3. The number of halogens is 3. The van der Waals surface area contributed by atoms with Crippen molar-refractivity contribution in [3.63, 3.8) is 0 Å². The summed E-state index contributed by atoms with van der Waals surface area (Å²) >= 11 is 0. The molecule has 1 amide bonds. The quantitative estimate of drug-likeness (QED) is 0.298. The molecule has 0 aromatic heterocycles. The molecule has 7 nitrogen and oxygen atoms in total. The van der Waals surface area contributed by atoms with Crippen LogP contribution in [0.5, 0.6) is 5.75 Å². The van der Waals surface area contributed by atoms with Crippen LogP contribution in [0.25, 0.3) is 0 Å². The molecule has 2 aromatic carbocycles. The highest BCUT2D eigenvalue weighted by Gasteiger charge is 2.42. The number of carbonyl (C=O) groups is 1. The molecule has 2 atom stereocenters. The van der Waals surface area contributed by atoms with Crippen molar-refractivity contribution in [2.24, 2.45) is 5.92 Å². The minimum absolute atomic E-state index is 0.00468. The van der Waals surface area contributed by atoms with Crippen LogP contribution < -0.4 is 20.9 Å². The molecule has 1 aliphatic heterocycles. The van der Waals surface area contributed by atoms with Gasteiger partial charge in [0.15, 0.2) is 0 Å². The molecule has 1 saturated heterocycles. The van der Waals surface area contributed by atoms with E-state index >= 15 is 0 Å². The number of aromatic hydroxyl groups is 1. The molecule has 0 radical (unpaired) electrons. The predicted octanol–water partition coefficient (Wildman–Crippen LogP) is 5.09. The van der Waals surface area contributed by atoms with Crippen molar-refractivity contribution in [2.45, 2.75) is 52.4 Å². The van der Waals surface area contributed by atoms with Gasteiger partial charge in [-0.15, -0.1) is 0 Å². The maximum absolute atomic E-state index is 13.8. The number of phenolic OH excluding ortho intramolecular Hbond substituents is 1. The molecule has 212 valence electrons. The Balaban J connectivity index is 0.00000247. The van der Waals surface area contributed by atoms with E-state index in [0.717, 1.165) is 24.5 Å². The van der Waals surface area contributed by atoms with Crippen molar-refractivity contribution < 1.29 is 27.8 Å². The van der Waals surface area contributed by atoms with E-state index in [1.165, 1.54) is 24.3 Å².